The molecule has 1 aromatic carbocycles. The number of nitrogens with one attached hydrogen (secondary N) is 4. The van der Waals surface area contributed by atoms with Crippen LogP contribution in [0.3, 0.4) is 0 Å². The van der Waals surface area contributed by atoms with Gasteiger partial charge in [-0.15, -0.1) is 0 Å². The molecule has 1 aromatic heterocycles. The van der Waals surface area contributed by atoms with Gasteiger partial charge >= 0.3 is 6.03 Å². The third-order valence-electron chi connectivity index (χ3n) is 3.84. The summed E-state index contributed by atoms with van der Waals surface area (Å²) >= 11 is 0. The monoisotopic (exact) mass is 372 g/mol. The van der Waals surface area contributed by atoms with Gasteiger partial charge in [-0.1, -0.05) is 6.92 Å². The van der Waals surface area contributed by atoms with Gasteiger partial charge in [-0.2, -0.15) is 0 Å². The maximum atomic E-state index is 12.0. The van der Waals surface area contributed by atoms with Gasteiger partial charge in [-0.05, 0) is 49.7 Å². The van der Waals surface area contributed by atoms with E-state index in [1.54, 1.807) is 36.4 Å². The van der Waals surface area contributed by atoms with E-state index in [2.05, 4.69) is 21.3 Å². The van der Waals surface area contributed by atoms with Gasteiger partial charge in [0.2, 0.25) is 0 Å². The fourth-order valence-corrected chi connectivity index (χ4v) is 2.14. The highest BCUT2D eigenvalue weighted by atomic mass is 16.3. The molecule has 0 saturated heterocycles. The standard InChI is InChI=1S/C19H24N4O4/c1-3-13(2)22-17(24)14-6-8-15(9-7-14)23-19(26)21-11-10-20-18(25)16-5-4-12-27-16/h4-9,12-13H,3,10-11H2,1-2H3,(H,20,25)(H,22,24)(H2,21,23,26). The molecule has 1 heterocycles. The largest absolute Gasteiger partial charge is 0.459 e. The summed E-state index contributed by atoms with van der Waals surface area (Å²) < 4.78 is 4.97. The van der Waals surface area contributed by atoms with E-state index in [0.29, 0.717) is 11.3 Å². The number of rotatable bonds is 8. The minimum Gasteiger partial charge on any atom is -0.459 e. The number of hydrogen-bond donors (Lipinski definition) is 4. The van der Waals surface area contributed by atoms with Crippen molar-refractivity contribution in [3.63, 3.8) is 0 Å². The van der Waals surface area contributed by atoms with Crippen molar-refractivity contribution in [1.29, 1.82) is 0 Å². The number of hydrogen-bond acceptors (Lipinski definition) is 4. The Kier molecular flexibility index (Phi) is 7.42. The van der Waals surface area contributed by atoms with Crippen molar-refractivity contribution in [3.05, 3.63) is 54.0 Å². The van der Waals surface area contributed by atoms with Crippen LogP contribution >= 0.6 is 0 Å². The first-order chi connectivity index (χ1) is 13.0. The molecule has 8 nitrogen and oxygen atoms in total. The minimum absolute atomic E-state index is 0.106. The van der Waals surface area contributed by atoms with Crippen LogP contribution in [-0.4, -0.2) is 37.0 Å². The molecule has 0 saturated carbocycles. The molecule has 0 aliphatic carbocycles. The molecule has 0 aliphatic heterocycles. The maximum absolute atomic E-state index is 12.0. The van der Waals surface area contributed by atoms with Gasteiger partial charge in [0.1, 0.15) is 0 Å². The zero-order chi connectivity index (χ0) is 19.6. The van der Waals surface area contributed by atoms with Crippen molar-refractivity contribution < 1.29 is 18.8 Å². The van der Waals surface area contributed by atoms with Crippen LogP contribution in [0.5, 0.6) is 0 Å². The summed E-state index contributed by atoms with van der Waals surface area (Å²) in [5.41, 5.74) is 1.09. The Morgan fingerprint density at radius 1 is 1.00 bits per heavy atom. The summed E-state index contributed by atoms with van der Waals surface area (Å²) in [6.07, 6.45) is 2.27. The summed E-state index contributed by atoms with van der Waals surface area (Å²) in [6, 6.07) is 9.50. The predicted octanol–water partition coefficient (Wildman–Crippen LogP) is 2.36. The van der Waals surface area contributed by atoms with E-state index in [0.717, 1.165) is 6.42 Å². The normalized spacial score (nSPS) is 11.3. The maximum Gasteiger partial charge on any atom is 0.319 e. The number of carbonyl (C=O) groups is 3. The fraction of sp³-hybridized carbons (Fsp3) is 0.316. The molecule has 0 aliphatic rings. The SMILES string of the molecule is CCC(C)NC(=O)c1ccc(NC(=O)NCCNC(=O)c2ccco2)cc1. The molecule has 144 valence electrons. The topological polar surface area (TPSA) is 112 Å². The van der Waals surface area contributed by atoms with Crippen LogP contribution in [0.4, 0.5) is 10.5 Å². The smallest absolute Gasteiger partial charge is 0.319 e. The number of anilines is 1. The van der Waals surface area contributed by atoms with Gasteiger partial charge in [0.05, 0.1) is 6.26 Å². The zero-order valence-corrected chi connectivity index (χ0v) is 15.4. The summed E-state index contributed by atoms with van der Waals surface area (Å²) in [5.74, 6) is -0.266. The Balaban J connectivity index is 1.71. The van der Waals surface area contributed by atoms with Crippen LogP contribution in [0.1, 0.15) is 41.2 Å². The summed E-state index contributed by atoms with van der Waals surface area (Å²) in [7, 11) is 0. The number of amides is 4. The highest BCUT2D eigenvalue weighted by Gasteiger charge is 2.09. The van der Waals surface area contributed by atoms with Crippen molar-refractivity contribution in [2.24, 2.45) is 0 Å². The van der Waals surface area contributed by atoms with Gasteiger partial charge < -0.3 is 25.7 Å². The average Bonchev–Trinajstić information content (AvgIpc) is 3.20. The molecular formula is C19H24N4O4. The third kappa shape index (κ3) is 6.50. The Hall–Kier alpha value is -3.29. The van der Waals surface area contributed by atoms with E-state index in [1.165, 1.54) is 6.26 Å². The first-order valence-electron chi connectivity index (χ1n) is 8.77. The quantitative estimate of drug-likeness (QED) is 0.533. The van der Waals surface area contributed by atoms with Crippen molar-refractivity contribution >= 4 is 23.5 Å². The zero-order valence-electron chi connectivity index (χ0n) is 15.4. The van der Waals surface area contributed by atoms with Crippen molar-refractivity contribution in [2.75, 3.05) is 18.4 Å². The second-order valence-electron chi connectivity index (χ2n) is 5.97. The summed E-state index contributed by atoms with van der Waals surface area (Å²) in [4.78, 5) is 35.5. The number of benzene rings is 1. The van der Waals surface area contributed by atoms with E-state index < -0.39 is 6.03 Å². The van der Waals surface area contributed by atoms with Crippen LogP contribution in [0, 0.1) is 0 Å². The molecule has 27 heavy (non-hydrogen) atoms. The first kappa shape index (κ1) is 20.0. The Morgan fingerprint density at radius 2 is 1.70 bits per heavy atom. The lowest BCUT2D eigenvalue weighted by Crippen LogP contribution is -2.36. The van der Waals surface area contributed by atoms with Crippen LogP contribution in [-0.2, 0) is 0 Å². The van der Waals surface area contributed by atoms with Crippen molar-refractivity contribution in [3.8, 4) is 0 Å². The Morgan fingerprint density at radius 3 is 2.33 bits per heavy atom. The van der Waals surface area contributed by atoms with Crippen LogP contribution < -0.4 is 21.3 Å². The van der Waals surface area contributed by atoms with Gasteiger partial charge in [-0.25, -0.2) is 4.79 Å². The molecule has 2 rings (SSSR count). The molecule has 1 unspecified atom stereocenters. The molecule has 0 spiro atoms. The molecule has 8 heteroatoms. The molecule has 4 N–H and O–H groups in total. The predicted molar refractivity (Wildman–Crippen MR) is 102 cm³/mol. The molecule has 0 radical (unpaired) electrons. The number of carbonyl (C=O) groups excluding carboxylic acids is 3. The molecule has 0 fully saturated rings. The third-order valence-corrected chi connectivity index (χ3v) is 3.84. The molecule has 0 bridgehead atoms. The van der Waals surface area contributed by atoms with E-state index in [-0.39, 0.29) is 36.7 Å². The molecule has 2 aromatic rings. The lowest BCUT2D eigenvalue weighted by Gasteiger charge is -2.12. The highest BCUT2D eigenvalue weighted by Crippen LogP contribution is 2.10. The van der Waals surface area contributed by atoms with Crippen LogP contribution in [0.2, 0.25) is 0 Å². The van der Waals surface area contributed by atoms with Gasteiger partial charge in [-0.3, -0.25) is 9.59 Å². The van der Waals surface area contributed by atoms with Crippen LogP contribution in [0.25, 0.3) is 0 Å². The Labute approximate surface area is 157 Å². The molecular weight excluding hydrogens is 348 g/mol. The lowest BCUT2D eigenvalue weighted by molar-refractivity contribution is 0.0922. The number of urea groups is 1. The summed E-state index contributed by atoms with van der Waals surface area (Å²) in [6.45, 7) is 4.46. The van der Waals surface area contributed by atoms with Crippen molar-refractivity contribution in [1.82, 2.24) is 16.0 Å². The van der Waals surface area contributed by atoms with Gasteiger partial charge in [0.15, 0.2) is 5.76 Å². The minimum atomic E-state index is -0.404. The average molecular weight is 372 g/mol. The van der Waals surface area contributed by atoms with E-state index >= 15 is 0 Å². The molecule has 1 atom stereocenters. The van der Waals surface area contributed by atoms with Crippen molar-refractivity contribution in [2.45, 2.75) is 26.3 Å². The highest BCUT2D eigenvalue weighted by molar-refractivity contribution is 5.95. The first-order valence-corrected chi connectivity index (χ1v) is 8.77. The van der Waals surface area contributed by atoms with Gasteiger partial charge in [0.25, 0.3) is 11.8 Å². The number of furan rings is 1. The second kappa shape index (κ2) is 10.0. The van der Waals surface area contributed by atoms with Gasteiger partial charge in [0, 0.05) is 30.4 Å². The van der Waals surface area contributed by atoms with E-state index in [9.17, 15) is 14.4 Å². The Bertz CT molecular complexity index is 757. The van der Waals surface area contributed by atoms with E-state index in [4.69, 9.17) is 4.42 Å². The summed E-state index contributed by atoms with van der Waals surface area (Å²) in [5, 5.41) is 10.8. The second-order valence-corrected chi connectivity index (χ2v) is 5.97. The molecule has 4 amide bonds. The van der Waals surface area contributed by atoms with Crippen LogP contribution in [0.15, 0.2) is 47.1 Å². The lowest BCUT2D eigenvalue weighted by atomic mass is 10.1. The fourth-order valence-electron chi connectivity index (χ4n) is 2.14. The van der Waals surface area contributed by atoms with E-state index in [1.807, 2.05) is 13.8 Å².